The zero-order valence-corrected chi connectivity index (χ0v) is 16.9. The van der Waals surface area contributed by atoms with E-state index in [1.807, 2.05) is 0 Å². The first-order valence-electron chi connectivity index (χ1n) is 9.66. The number of rotatable bonds is 6. The molecule has 0 unspecified atom stereocenters. The molecule has 1 aromatic carbocycles. The van der Waals surface area contributed by atoms with Crippen LogP contribution in [0.2, 0.25) is 0 Å². The van der Waals surface area contributed by atoms with E-state index in [0.717, 1.165) is 39.0 Å². The Morgan fingerprint density at radius 3 is 2.37 bits per heavy atom. The molecule has 5 nitrogen and oxygen atoms in total. The fourth-order valence-electron chi connectivity index (χ4n) is 4.09. The van der Waals surface area contributed by atoms with Gasteiger partial charge in [-0.25, -0.2) is 4.39 Å². The smallest absolute Gasteiger partial charge is 0.258 e. The maximum absolute atomic E-state index is 12.9. The van der Waals surface area contributed by atoms with E-state index >= 15 is 0 Å². The van der Waals surface area contributed by atoms with Gasteiger partial charge in [-0.15, -0.1) is 12.4 Å². The first-order chi connectivity index (χ1) is 12.6. The molecular formula is C20H31ClFN3O2. The lowest BCUT2D eigenvalue weighted by Gasteiger charge is -2.49. The molecule has 1 aliphatic carbocycles. The van der Waals surface area contributed by atoms with Crippen molar-refractivity contribution >= 4 is 18.3 Å². The minimum atomic E-state index is -0.312. The van der Waals surface area contributed by atoms with Crippen molar-refractivity contribution in [2.75, 3.05) is 46.4 Å². The van der Waals surface area contributed by atoms with Crippen molar-refractivity contribution in [1.82, 2.24) is 15.1 Å². The molecule has 1 heterocycles. The Bertz CT molecular complexity index is 585. The number of nitrogens with zero attached hydrogens (tertiary/aromatic N) is 2. The van der Waals surface area contributed by atoms with Gasteiger partial charge < -0.3 is 15.0 Å². The van der Waals surface area contributed by atoms with E-state index in [0.29, 0.717) is 12.3 Å². The van der Waals surface area contributed by atoms with E-state index < -0.39 is 0 Å². The molecular weight excluding hydrogens is 369 g/mol. The van der Waals surface area contributed by atoms with E-state index in [2.05, 4.69) is 22.2 Å². The average Bonchev–Trinajstić information content (AvgIpc) is 2.67. The van der Waals surface area contributed by atoms with Crippen molar-refractivity contribution in [3.05, 3.63) is 30.1 Å². The first-order valence-corrected chi connectivity index (χ1v) is 9.66. The molecule has 152 valence electrons. The summed E-state index contributed by atoms with van der Waals surface area (Å²) in [6, 6.07) is 5.74. The van der Waals surface area contributed by atoms with Gasteiger partial charge in [0.2, 0.25) is 0 Å². The average molecular weight is 400 g/mol. The number of carbonyl (C=O) groups excluding carboxylic acids is 1. The van der Waals surface area contributed by atoms with Gasteiger partial charge >= 0.3 is 0 Å². The fraction of sp³-hybridized carbons (Fsp3) is 0.650. The highest BCUT2D eigenvalue weighted by Gasteiger charge is 2.39. The number of ether oxygens (including phenoxy) is 1. The molecule has 0 aromatic heterocycles. The summed E-state index contributed by atoms with van der Waals surface area (Å²) in [7, 11) is 2.17. The van der Waals surface area contributed by atoms with Crippen molar-refractivity contribution in [2.24, 2.45) is 0 Å². The SMILES string of the molecule is CN1CCN(C2(CNC(=O)COc3ccc(F)cc3)CCCCC2)CC1.Cl. The summed E-state index contributed by atoms with van der Waals surface area (Å²) in [5.41, 5.74) is 0.0883. The standard InChI is InChI=1S/C20H30FN3O2.ClH/c1-23-11-13-24(14-12-23)20(9-3-2-4-10-20)16-22-19(25)15-26-18-7-5-17(21)6-8-18;/h5-8H,2-4,9-16H2,1H3,(H,22,25);1H. The number of hydrogen-bond acceptors (Lipinski definition) is 4. The molecule has 1 amide bonds. The monoisotopic (exact) mass is 399 g/mol. The quantitative estimate of drug-likeness (QED) is 0.798. The Balaban J connectivity index is 0.00000261. The minimum Gasteiger partial charge on any atom is -0.484 e. The Labute approximate surface area is 167 Å². The predicted octanol–water partition coefficient (Wildman–Crippen LogP) is 2.69. The molecule has 1 aromatic rings. The van der Waals surface area contributed by atoms with E-state index in [9.17, 15) is 9.18 Å². The number of piperazine rings is 1. The Morgan fingerprint density at radius 2 is 1.74 bits per heavy atom. The number of carbonyl (C=O) groups is 1. The Morgan fingerprint density at radius 1 is 1.11 bits per heavy atom. The van der Waals surface area contributed by atoms with Gasteiger partial charge in [-0.1, -0.05) is 19.3 Å². The normalized spacial score (nSPS) is 20.5. The topological polar surface area (TPSA) is 44.8 Å². The van der Waals surface area contributed by atoms with Crippen LogP contribution in [0.1, 0.15) is 32.1 Å². The maximum atomic E-state index is 12.9. The van der Waals surface area contributed by atoms with Crippen LogP contribution in [0.25, 0.3) is 0 Å². The zero-order chi connectivity index (χ0) is 18.4. The van der Waals surface area contributed by atoms with Gasteiger partial charge in [0.15, 0.2) is 6.61 Å². The highest BCUT2D eigenvalue weighted by Crippen LogP contribution is 2.34. The second-order valence-electron chi connectivity index (χ2n) is 7.59. The number of likely N-dealkylation sites (N-methyl/N-ethyl adjacent to an activating group) is 1. The van der Waals surface area contributed by atoms with Crippen LogP contribution < -0.4 is 10.1 Å². The molecule has 2 aliphatic rings. The van der Waals surface area contributed by atoms with Crippen LogP contribution >= 0.6 is 12.4 Å². The Kier molecular flexibility index (Phi) is 8.32. The Hall–Kier alpha value is -1.37. The van der Waals surface area contributed by atoms with Crippen molar-refractivity contribution in [2.45, 2.75) is 37.6 Å². The van der Waals surface area contributed by atoms with Crippen molar-refractivity contribution in [3.63, 3.8) is 0 Å². The van der Waals surface area contributed by atoms with Crippen LogP contribution in [-0.2, 0) is 4.79 Å². The molecule has 0 bridgehead atoms. The van der Waals surface area contributed by atoms with Crippen LogP contribution in [0.4, 0.5) is 4.39 Å². The van der Waals surface area contributed by atoms with E-state index in [4.69, 9.17) is 4.74 Å². The minimum absolute atomic E-state index is 0. The van der Waals surface area contributed by atoms with E-state index in [1.165, 1.54) is 43.5 Å². The second kappa shape index (κ2) is 10.2. The van der Waals surface area contributed by atoms with Gasteiger partial charge in [0.25, 0.3) is 5.91 Å². The lowest BCUT2D eigenvalue weighted by atomic mass is 9.79. The number of hydrogen-bond donors (Lipinski definition) is 1. The summed E-state index contributed by atoms with van der Waals surface area (Å²) in [6.45, 7) is 4.95. The molecule has 1 N–H and O–H groups in total. The van der Waals surface area contributed by atoms with Gasteiger partial charge in [0.05, 0.1) is 0 Å². The summed E-state index contributed by atoms with van der Waals surface area (Å²) in [6.07, 6.45) is 6.05. The lowest BCUT2D eigenvalue weighted by molar-refractivity contribution is -0.124. The van der Waals surface area contributed by atoms with E-state index in [1.54, 1.807) is 0 Å². The van der Waals surface area contributed by atoms with Crippen LogP contribution in [0.3, 0.4) is 0 Å². The van der Waals surface area contributed by atoms with Gasteiger partial charge in [0.1, 0.15) is 11.6 Å². The van der Waals surface area contributed by atoms with Crippen molar-refractivity contribution in [3.8, 4) is 5.75 Å². The van der Waals surface area contributed by atoms with Gasteiger partial charge in [0, 0.05) is 38.3 Å². The molecule has 1 saturated carbocycles. The third kappa shape index (κ3) is 6.06. The number of amides is 1. The van der Waals surface area contributed by atoms with Gasteiger partial charge in [-0.2, -0.15) is 0 Å². The number of benzene rings is 1. The highest BCUT2D eigenvalue weighted by molar-refractivity contribution is 5.85. The van der Waals surface area contributed by atoms with E-state index in [-0.39, 0.29) is 36.3 Å². The van der Waals surface area contributed by atoms with Crippen molar-refractivity contribution in [1.29, 1.82) is 0 Å². The van der Waals surface area contributed by atoms with Crippen molar-refractivity contribution < 1.29 is 13.9 Å². The second-order valence-corrected chi connectivity index (χ2v) is 7.59. The molecule has 7 heteroatoms. The van der Waals surface area contributed by atoms with Gasteiger partial charge in [-0.3, -0.25) is 9.69 Å². The summed E-state index contributed by atoms with van der Waals surface area (Å²) in [4.78, 5) is 17.2. The molecule has 3 rings (SSSR count). The molecule has 0 spiro atoms. The fourth-order valence-corrected chi connectivity index (χ4v) is 4.09. The number of halogens is 2. The lowest BCUT2D eigenvalue weighted by Crippen LogP contribution is -2.61. The molecule has 0 radical (unpaired) electrons. The molecule has 1 aliphatic heterocycles. The van der Waals surface area contributed by atoms with Crippen LogP contribution in [0.5, 0.6) is 5.75 Å². The highest BCUT2D eigenvalue weighted by atomic mass is 35.5. The molecule has 2 fully saturated rings. The zero-order valence-electron chi connectivity index (χ0n) is 16.1. The van der Waals surface area contributed by atoms with Crippen LogP contribution in [0.15, 0.2) is 24.3 Å². The first kappa shape index (κ1) is 21.9. The van der Waals surface area contributed by atoms with Crippen LogP contribution in [0, 0.1) is 5.82 Å². The van der Waals surface area contributed by atoms with Gasteiger partial charge in [-0.05, 0) is 44.2 Å². The maximum Gasteiger partial charge on any atom is 0.258 e. The molecule has 1 saturated heterocycles. The third-order valence-electron chi connectivity index (χ3n) is 5.76. The summed E-state index contributed by atoms with van der Waals surface area (Å²) >= 11 is 0. The summed E-state index contributed by atoms with van der Waals surface area (Å²) < 4.78 is 18.4. The largest absolute Gasteiger partial charge is 0.484 e. The predicted molar refractivity (Wildman–Crippen MR) is 107 cm³/mol. The summed E-state index contributed by atoms with van der Waals surface area (Å²) in [5, 5.41) is 3.09. The number of nitrogens with one attached hydrogen (secondary N) is 1. The summed E-state index contributed by atoms with van der Waals surface area (Å²) in [5.74, 6) is 0.0783. The molecule has 27 heavy (non-hydrogen) atoms. The van der Waals surface area contributed by atoms with Crippen LogP contribution in [-0.4, -0.2) is 67.6 Å². The molecule has 0 atom stereocenters. The third-order valence-corrected chi connectivity index (χ3v) is 5.76.